The Morgan fingerprint density at radius 3 is 2.26 bits per heavy atom. The molecule has 0 saturated heterocycles. The van der Waals surface area contributed by atoms with Gasteiger partial charge in [0.1, 0.15) is 28.3 Å². The van der Waals surface area contributed by atoms with Crippen LogP contribution < -0.4 is 11.5 Å². The molecule has 1 aromatic heterocycles. The molecule has 1 aliphatic rings. The first-order valence-electron chi connectivity index (χ1n) is 10.8. The largest absolute Gasteiger partial charge is 0.399 e. The van der Waals surface area contributed by atoms with Crippen LogP contribution in [0.3, 0.4) is 0 Å². The molecular weight excluding hydrogens is 447 g/mol. The van der Waals surface area contributed by atoms with Crippen molar-refractivity contribution in [2.45, 2.75) is 52.8 Å². The van der Waals surface area contributed by atoms with Gasteiger partial charge in [0.25, 0.3) is 5.91 Å². The number of aromatic nitrogens is 2. The lowest BCUT2D eigenvalue weighted by atomic mass is 9.86. The summed E-state index contributed by atoms with van der Waals surface area (Å²) in [6.45, 7) is 6.01. The minimum absolute atomic E-state index is 0.0316. The molecule has 2 aromatic rings. The third kappa shape index (κ3) is 4.90. The number of rotatable bonds is 8. The molecule has 3 rings (SSSR count). The van der Waals surface area contributed by atoms with Gasteiger partial charge >= 0.3 is 6.18 Å². The van der Waals surface area contributed by atoms with E-state index in [9.17, 15) is 22.8 Å². The Bertz CT molecular complexity index is 1170. The maximum Gasteiger partial charge on any atom is 0.399 e. The molecule has 0 radical (unpaired) electrons. The lowest BCUT2D eigenvalue weighted by molar-refractivity contribution is -0.185. The van der Waals surface area contributed by atoms with Crippen LogP contribution in [0, 0.1) is 5.41 Å². The SMILES string of the molecule is CC(C)n1nc(-c2ccc(CC(=O)CC3=CC(C(C)(C)C(F)(F)F)=NC3)cc2)c(C(N)=O)c1N. The Labute approximate surface area is 195 Å². The van der Waals surface area contributed by atoms with Gasteiger partial charge in [-0.05, 0) is 44.9 Å². The van der Waals surface area contributed by atoms with Gasteiger partial charge in [0.05, 0.1) is 6.54 Å². The number of nitrogen functional groups attached to an aromatic ring is 1. The number of aliphatic imine (C=N–C) groups is 1. The number of primary amides is 1. The van der Waals surface area contributed by atoms with E-state index in [-0.39, 0.29) is 48.3 Å². The van der Waals surface area contributed by atoms with E-state index in [0.717, 1.165) is 19.4 Å². The molecule has 34 heavy (non-hydrogen) atoms. The number of carbonyl (C=O) groups is 2. The number of carbonyl (C=O) groups excluding carboxylic acids is 2. The number of hydrogen-bond donors (Lipinski definition) is 2. The third-order valence-electron chi connectivity index (χ3n) is 5.88. The molecule has 2 heterocycles. The van der Waals surface area contributed by atoms with Gasteiger partial charge in [0.15, 0.2) is 0 Å². The Hall–Kier alpha value is -3.43. The Morgan fingerprint density at radius 1 is 1.12 bits per heavy atom. The fraction of sp³-hybridized carbons (Fsp3) is 0.417. The predicted molar refractivity (Wildman–Crippen MR) is 125 cm³/mol. The summed E-state index contributed by atoms with van der Waals surface area (Å²) in [4.78, 5) is 28.5. The lowest BCUT2D eigenvalue weighted by Crippen LogP contribution is -2.38. The van der Waals surface area contributed by atoms with E-state index < -0.39 is 17.5 Å². The minimum Gasteiger partial charge on any atom is -0.383 e. The van der Waals surface area contributed by atoms with E-state index in [1.807, 2.05) is 13.8 Å². The van der Waals surface area contributed by atoms with Crippen LogP contribution >= 0.6 is 0 Å². The standard InChI is InChI=1S/C24H28F3N5O2/c1-13(2)32-21(28)19(22(29)34)20(31-32)16-7-5-14(6-8-16)9-17(33)10-15-11-18(30-12-15)23(3,4)24(25,26)27/h5-8,11,13H,9-10,12,28H2,1-4H3,(H2,29,34). The van der Waals surface area contributed by atoms with Crippen molar-refractivity contribution >= 4 is 23.2 Å². The highest BCUT2D eigenvalue weighted by atomic mass is 19.4. The first kappa shape index (κ1) is 25.2. The van der Waals surface area contributed by atoms with Crippen LogP contribution in [0.1, 0.15) is 56.1 Å². The zero-order valence-electron chi connectivity index (χ0n) is 19.5. The van der Waals surface area contributed by atoms with Gasteiger partial charge in [-0.2, -0.15) is 18.3 Å². The van der Waals surface area contributed by atoms with Crippen LogP contribution in [0.15, 0.2) is 40.9 Å². The number of Topliss-reactive ketones (excluding diaryl/α,β-unsaturated/α-hetero) is 1. The molecule has 0 unspecified atom stereocenters. The lowest BCUT2D eigenvalue weighted by Gasteiger charge is -2.26. The van der Waals surface area contributed by atoms with E-state index in [2.05, 4.69) is 10.1 Å². The molecule has 0 atom stereocenters. The molecule has 0 bridgehead atoms. The van der Waals surface area contributed by atoms with Crippen LogP contribution in [0.25, 0.3) is 11.3 Å². The fourth-order valence-corrected chi connectivity index (χ4v) is 3.71. The molecule has 0 fully saturated rings. The summed E-state index contributed by atoms with van der Waals surface area (Å²) in [6.07, 6.45) is -2.90. The molecule has 1 aliphatic heterocycles. The first-order chi connectivity index (χ1) is 15.7. The Kier molecular flexibility index (Phi) is 6.73. The quantitative estimate of drug-likeness (QED) is 0.593. The number of halogens is 3. The summed E-state index contributed by atoms with van der Waals surface area (Å²) in [5, 5.41) is 4.43. The van der Waals surface area contributed by atoms with Gasteiger partial charge in [-0.15, -0.1) is 0 Å². The van der Waals surface area contributed by atoms with E-state index in [0.29, 0.717) is 16.8 Å². The van der Waals surface area contributed by atoms with Crippen molar-refractivity contribution in [2.75, 3.05) is 12.3 Å². The monoisotopic (exact) mass is 475 g/mol. The number of nitrogens with two attached hydrogens (primary N) is 2. The molecule has 182 valence electrons. The second-order valence-corrected chi connectivity index (χ2v) is 9.23. The van der Waals surface area contributed by atoms with Gasteiger partial charge < -0.3 is 11.5 Å². The van der Waals surface area contributed by atoms with Crippen molar-refractivity contribution in [2.24, 2.45) is 16.1 Å². The third-order valence-corrected chi connectivity index (χ3v) is 5.88. The number of nitrogens with zero attached hydrogens (tertiary/aromatic N) is 3. The minimum atomic E-state index is -4.42. The number of anilines is 1. The second kappa shape index (κ2) is 9.08. The van der Waals surface area contributed by atoms with Gasteiger partial charge in [0.2, 0.25) is 0 Å². The molecule has 1 aromatic carbocycles. The summed E-state index contributed by atoms with van der Waals surface area (Å²) >= 11 is 0. The molecular formula is C24H28F3N5O2. The van der Waals surface area contributed by atoms with Crippen molar-refractivity contribution in [1.29, 1.82) is 0 Å². The van der Waals surface area contributed by atoms with Crippen LogP contribution in [-0.2, 0) is 11.2 Å². The van der Waals surface area contributed by atoms with Crippen LogP contribution in [0.2, 0.25) is 0 Å². The summed E-state index contributed by atoms with van der Waals surface area (Å²) in [6, 6.07) is 6.85. The number of ketones is 1. The smallest absolute Gasteiger partial charge is 0.383 e. The van der Waals surface area contributed by atoms with E-state index >= 15 is 0 Å². The van der Waals surface area contributed by atoms with Crippen LogP contribution in [-0.4, -0.2) is 39.9 Å². The van der Waals surface area contributed by atoms with Crippen molar-refractivity contribution in [1.82, 2.24) is 9.78 Å². The number of hydrogen-bond acceptors (Lipinski definition) is 5. The van der Waals surface area contributed by atoms with Gasteiger partial charge in [0, 0.05) is 30.2 Å². The zero-order chi connectivity index (χ0) is 25.4. The molecule has 1 amide bonds. The predicted octanol–water partition coefficient (Wildman–Crippen LogP) is 4.28. The summed E-state index contributed by atoms with van der Waals surface area (Å²) < 4.78 is 41.2. The second-order valence-electron chi connectivity index (χ2n) is 9.23. The van der Waals surface area contributed by atoms with E-state index in [4.69, 9.17) is 11.5 Å². The van der Waals surface area contributed by atoms with Gasteiger partial charge in [-0.3, -0.25) is 14.6 Å². The summed E-state index contributed by atoms with van der Waals surface area (Å²) in [5.41, 5.74) is 11.9. The average Bonchev–Trinajstić information content (AvgIpc) is 3.32. The van der Waals surface area contributed by atoms with Crippen LogP contribution in [0.5, 0.6) is 0 Å². The van der Waals surface area contributed by atoms with Gasteiger partial charge in [-0.1, -0.05) is 24.3 Å². The van der Waals surface area contributed by atoms with Crippen molar-refractivity contribution < 1.29 is 22.8 Å². The van der Waals surface area contributed by atoms with Crippen molar-refractivity contribution in [3.63, 3.8) is 0 Å². The zero-order valence-corrected chi connectivity index (χ0v) is 19.5. The molecule has 0 saturated carbocycles. The van der Waals surface area contributed by atoms with Gasteiger partial charge in [-0.25, -0.2) is 4.68 Å². The molecule has 4 N–H and O–H groups in total. The van der Waals surface area contributed by atoms with Crippen molar-refractivity contribution in [3.8, 4) is 11.3 Å². The van der Waals surface area contributed by atoms with E-state index in [1.54, 1.807) is 24.3 Å². The van der Waals surface area contributed by atoms with Crippen LogP contribution in [0.4, 0.5) is 19.0 Å². The highest BCUT2D eigenvalue weighted by Crippen LogP contribution is 2.40. The molecule has 7 nitrogen and oxygen atoms in total. The van der Waals surface area contributed by atoms with Crippen molar-refractivity contribution in [3.05, 3.63) is 47.0 Å². The number of amides is 1. The average molecular weight is 476 g/mol. The topological polar surface area (TPSA) is 116 Å². The number of benzene rings is 1. The number of allylic oxidation sites excluding steroid dienone is 1. The molecule has 10 heteroatoms. The Balaban J connectivity index is 1.71. The normalized spacial score (nSPS) is 14.4. The summed E-state index contributed by atoms with van der Waals surface area (Å²) in [7, 11) is 0. The number of alkyl halides is 3. The maximum atomic E-state index is 13.2. The fourth-order valence-electron chi connectivity index (χ4n) is 3.71. The molecule has 0 spiro atoms. The summed E-state index contributed by atoms with van der Waals surface area (Å²) in [5.74, 6) is -0.623. The highest BCUT2D eigenvalue weighted by molar-refractivity contribution is 6.04. The van der Waals surface area contributed by atoms with E-state index in [1.165, 1.54) is 10.8 Å². The maximum absolute atomic E-state index is 13.2. The molecule has 0 aliphatic carbocycles. The first-order valence-corrected chi connectivity index (χ1v) is 10.8. The highest BCUT2D eigenvalue weighted by Gasteiger charge is 2.50. The Morgan fingerprint density at radius 2 is 1.74 bits per heavy atom.